The molecule has 0 saturated carbocycles. The standard InChI is InChI=1S/C17H19N5OS2/c23-17(16-11-25-12-19-16)18-4-1-14-8-21(7-13-3-6-24-10-13)9-15-2-5-20-22(14)15/h2-3,5-6,10-12,14H,1,4,7-9H2,(H,18,23)/t14-/m1/s1. The highest BCUT2D eigenvalue weighted by atomic mass is 32.1. The molecule has 4 heterocycles. The molecule has 25 heavy (non-hydrogen) atoms. The van der Waals surface area contributed by atoms with Gasteiger partial charge in [0.2, 0.25) is 0 Å². The number of carbonyl (C=O) groups excluding carboxylic acids is 1. The van der Waals surface area contributed by atoms with Gasteiger partial charge in [-0.2, -0.15) is 16.4 Å². The van der Waals surface area contributed by atoms with Crippen LogP contribution in [-0.2, 0) is 13.1 Å². The fourth-order valence-electron chi connectivity index (χ4n) is 3.21. The predicted octanol–water partition coefficient (Wildman–Crippen LogP) is 2.78. The Morgan fingerprint density at radius 1 is 1.32 bits per heavy atom. The van der Waals surface area contributed by atoms with E-state index in [9.17, 15) is 4.79 Å². The van der Waals surface area contributed by atoms with Crippen molar-refractivity contribution in [2.75, 3.05) is 13.1 Å². The predicted molar refractivity (Wildman–Crippen MR) is 98.8 cm³/mol. The van der Waals surface area contributed by atoms with Crippen LogP contribution in [0.15, 0.2) is 40.0 Å². The summed E-state index contributed by atoms with van der Waals surface area (Å²) >= 11 is 3.17. The van der Waals surface area contributed by atoms with Crippen LogP contribution in [0.25, 0.3) is 0 Å². The molecule has 4 rings (SSSR count). The number of hydrogen-bond donors (Lipinski definition) is 1. The van der Waals surface area contributed by atoms with Gasteiger partial charge in [0.1, 0.15) is 5.69 Å². The van der Waals surface area contributed by atoms with E-state index in [1.54, 1.807) is 22.2 Å². The minimum Gasteiger partial charge on any atom is -0.351 e. The first-order valence-electron chi connectivity index (χ1n) is 8.22. The average Bonchev–Trinajstić information content (AvgIpc) is 3.36. The van der Waals surface area contributed by atoms with Crippen LogP contribution in [-0.4, -0.2) is 38.7 Å². The summed E-state index contributed by atoms with van der Waals surface area (Å²) in [6.45, 7) is 3.43. The van der Waals surface area contributed by atoms with Gasteiger partial charge in [-0.1, -0.05) is 0 Å². The number of nitrogens with one attached hydrogen (secondary N) is 1. The molecule has 1 N–H and O–H groups in total. The summed E-state index contributed by atoms with van der Waals surface area (Å²) in [4.78, 5) is 18.5. The molecule has 0 fully saturated rings. The van der Waals surface area contributed by atoms with Crippen molar-refractivity contribution in [3.05, 3.63) is 56.9 Å². The molecule has 3 aromatic rings. The maximum absolute atomic E-state index is 12.0. The Bertz CT molecular complexity index is 812. The summed E-state index contributed by atoms with van der Waals surface area (Å²) in [7, 11) is 0. The number of hydrogen-bond acceptors (Lipinski definition) is 6. The van der Waals surface area contributed by atoms with Crippen LogP contribution in [0.2, 0.25) is 0 Å². The van der Waals surface area contributed by atoms with E-state index >= 15 is 0 Å². The average molecular weight is 374 g/mol. The zero-order valence-electron chi connectivity index (χ0n) is 13.7. The molecule has 1 atom stereocenters. The molecule has 6 nitrogen and oxygen atoms in total. The lowest BCUT2D eigenvalue weighted by molar-refractivity contribution is 0.0942. The second-order valence-electron chi connectivity index (χ2n) is 6.14. The number of rotatable bonds is 6. The van der Waals surface area contributed by atoms with Crippen molar-refractivity contribution < 1.29 is 4.79 Å². The third-order valence-electron chi connectivity index (χ3n) is 4.37. The van der Waals surface area contributed by atoms with E-state index in [1.165, 1.54) is 22.6 Å². The molecule has 0 unspecified atom stereocenters. The molecule has 0 bridgehead atoms. The van der Waals surface area contributed by atoms with Crippen molar-refractivity contribution in [3.8, 4) is 0 Å². The van der Waals surface area contributed by atoms with Crippen LogP contribution in [0.1, 0.15) is 34.2 Å². The lowest BCUT2D eigenvalue weighted by Gasteiger charge is -2.33. The molecule has 0 aliphatic carbocycles. The topological polar surface area (TPSA) is 63.1 Å². The smallest absolute Gasteiger partial charge is 0.270 e. The molecule has 8 heteroatoms. The lowest BCUT2D eigenvalue weighted by Crippen LogP contribution is -2.38. The first-order chi connectivity index (χ1) is 12.3. The van der Waals surface area contributed by atoms with Crippen LogP contribution in [0.5, 0.6) is 0 Å². The van der Waals surface area contributed by atoms with E-state index < -0.39 is 0 Å². The summed E-state index contributed by atoms with van der Waals surface area (Å²) in [5, 5.41) is 13.5. The van der Waals surface area contributed by atoms with Crippen LogP contribution < -0.4 is 5.32 Å². The highest BCUT2D eigenvalue weighted by Crippen LogP contribution is 2.24. The molecule has 1 amide bonds. The Hall–Kier alpha value is -2.03. The van der Waals surface area contributed by atoms with Gasteiger partial charge in [0.25, 0.3) is 5.91 Å². The molecular formula is C17H19N5OS2. The summed E-state index contributed by atoms with van der Waals surface area (Å²) in [6.07, 6.45) is 2.72. The SMILES string of the molecule is O=C(NCC[C@@H]1CN(Cc2ccsc2)Cc2ccnn21)c1cscn1. The minimum absolute atomic E-state index is 0.104. The number of fused-ring (bicyclic) bond motifs is 1. The number of thiophene rings is 1. The second-order valence-corrected chi connectivity index (χ2v) is 7.64. The number of amides is 1. The van der Waals surface area contributed by atoms with Crippen molar-refractivity contribution in [2.45, 2.75) is 25.6 Å². The van der Waals surface area contributed by atoms with Gasteiger partial charge in [-0.05, 0) is 34.9 Å². The molecule has 130 valence electrons. The lowest BCUT2D eigenvalue weighted by atomic mass is 10.1. The van der Waals surface area contributed by atoms with Crippen LogP contribution in [0.4, 0.5) is 0 Å². The monoisotopic (exact) mass is 373 g/mol. The van der Waals surface area contributed by atoms with Crippen molar-refractivity contribution in [1.29, 1.82) is 0 Å². The molecular weight excluding hydrogens is 354 g/mol. The fourth-order valence-corrected chi connectivity index (χ4v) is 4.40. The first-order valence-corrected chi connectivity index (χ1v) is 10.1. The van der Waals surface area contributed by atoms with Crippen LogP contribution >= 0.6 is 22.7 Å². The number of aromatic nitrogens is 3. The van der Waals surface area contributed by atoms with Crippen LogP contribution in [0.3, 0.4) is 0 Å². The summed E-state index contributed by atoms with van der Waals surface area (Å²) in [6, 6.07) is 4.54. The van der Waals surface area contributed by atoms with Gasteiger partial charge < -0.3 is 5.32 Å². The highest BCUT2D eigenvalue weighted by molar-refractivity contribution is 7.08. The Morgan fingerprint density at radius 3 is 3.08 bits per heavy atom. The van der Waals surface area contributed by atoms with Gasteiger partial charge in [-0.3, -0.25) is 14.4 Å². The Labute approximate surface area is 154 Å². The second kappa shape index (κ2) is 7.47. The van der Waals surface area contributed by atoms with E-state index in [2.05, 4.69) is 47.9 Å². The third-order valence-corrected chi connectivity index (χ3v) is 5.69. The Kier molecular flexibility index (Phi) is 4.91. The summed E-state index contributed by atoms with van der Waals surface area (Å²) < 4.78 is 2.11. The van der Waals surface area contributed by atoms with Crippen molar-refractivity contribution in [3.63, 3.8) is 0 Å². The molecule has 0 spiro atoms. The van der Waals surface area contributed by atoms with Crippen LogP contribution in [0, 0.1) is 0 Å². The molecule has 0 radical (unpaired) electrons. The molecule has 0 saturated heterocycles. The van der Waals surface area contributed by atoms with E-state index in [0.717, 1.165) is 26.1 Å². The van der Waals surface area contributed by atoms with E-state index in [1.807, 2.05) is 6.20 Å². The number of carbonyl (C=O) groups is 1. The van der Waals surface area contributed by atoms with Gasteiger partial charge in [0.15, 0.2) is 0 Å². The normalized spacial score (nSPS) is 17.4. The van der Waals surface area contributed by atoms with Gasteiger partial charge in [0.05, 0.1) is 17.2 Å². The van der Waals surface area contributed by atoms with Crippen molar-refractivity contribution in [1.82, 2.24) is 25.0 Å². The van der Waals surface area contributed by atoms with Gasteiger partial charge in [-0.15, -0.1) is 11.3 Å². The van der Waals surface area contributed by atoms with Crippen molar-refractivity contribution >= 4 is 28.6 Å². The number of thiazole rings is 1. The summed E-state index contributed by atoms with van der Waals surface area (Å²) in [5.74, 6) is -0.104. The molecule has 0 aromatic carbocycles. The zero-order valence-corrected chi connectivity index (χ0v) is 15.3. The molecule has 1 aliphatic heterocycles. The Balaban J connectivity index is 1.37. The molecule has 3 aromatic heterocycles. The van der Waals surface area contributed by atoms with Gasteiger partial charge >= 0.3 is 0 Å². The van der Waals surface area contributed by atoms with E-state index in [-0.39, 0.29) is 11.9 Å². The minimum atomic E-state index is -0.104. The van der Waals surface area contributed by atoms with E-state index in [0.29, 0.717) is 12.2 Å². The quantitative estimate of drug-likeness (QED) is 0.722. The fraction of sp³-hybridized carbons (Fsp3) is 0.353. The van der Waals surface area contributed by atoms with Gasteiger partial charge in [-0.25, -0.2) is 4.98 Å². The molecule has 1 aliphatic rings. The van der Waals surface area contributed by atoms with E-state index in [4.69, 9.17) is 0 Å². The third kappa shape index (κ3) is 3.81. The Morgan fingerprint density at radius 2 is 2.28 bits per heavy atom. The summed E-state index contributed by atoms with van der Waals surface area (Å²) in [5.41, 5.74) is 4.76. The largest absolute Gasteiger partial charge is 0.351 e. The maximum Gasteiger partial charge on any atom is 0.270 e. The number of nitrogens with zero attached hydrogens (tertiary/aromatic N) is 4. The highest BCUT2D eigenvalue weighted by Gasteiger charge is 2.25. The zero-order chi connectivity index (χ0) is 17.1. The van der Waals surface area contributed by atoms with Gasteiger partial charge in [0, 0.05) is 37.8 Å². The van der Waals surface area contributed by atoms with Crippen molar-refractivity contribution in [2.24, 2.45) is 0 Å². The maximum atomic E-state index is 12.0. The first kappa shape index (κ1) is 16.4.